The van der Waals surface area contributed by atoms with Crippen molar-refractivity contribution in [1.29, 1.82) is 0 Å². The van der Waals surface area contributed by atoms with Gasteiger partial charge in [-0.05, 0) is 30.2 Å². The van der Waals surface area contributed by atoms with Gasteiger partial charge in [-0.25, -0.2) is 19.8 Å². The predicted octanol–water partition coefficient (Wildman–Crippen LogP) is 3.55. The van der Waals surface area contributed by atoms with Gasteiger partial charge >= 0.3 is 6.03 Å². The molecule has 1 fully saturated rings. The molecule has 8 heteroatoms. The van der Waals surface area contributed by atoms with Crippen LogP contribution in [-0.2, 0) is 12.1 Å². The summed E-state index contributed by atoms with van der Waals surface area (Å²) in [6.45, 7) is 2.41. The highest BCUT2D eigenvalue weighted by atomic mass is 32.1. The number of fused-ring (bicyclic) bond motifs is 3. The van der Waals surface area contributed by atoms with Gasteiger partial charge in [-0.2, -0.15) is 0 Å². The summed E-state index contributed by atoms with van der Waals surface area (Å²) in [4.78, 5) is 32.1. The Kier molecular flexibility index (Phi) is 4.02. The molecule has 0 bridgehead atoms. The van der Waals surface area contributed by atoms with E-state index in [-0.39, 0.29) is 6.03 Å². The van der Waals surface area contributed by atoms with Gasteiger partial charge in [0.1, 0.15) is 6.34 Å². The smallest absolute Gasteiger partial charge is 0.324 e. The number of aromatic nitrogens is 2. The number of rotatable bonds is 3. The lowest BCUT2D eigenvalue weighted by Gasteiger charge is -2.29. The standard InChI is InChI=1S/C21H18N6OS/c1-13-2-6-15(7-3-13)21-17-18(23-11-22-17)24-12-25-19(21)27(20(28)26-21)10-14-4-8-16(29)9-5-14/h2-9,11-12,29H,10H2,1H3,(H,22,23)(H,26,28). The van der Waals surface area contributed by atoms with Crippen molar-refractivity contribution in [3.8, 4) is 0 Å². The minimum absolute atomic E-state index is 0.227. The van der Waals surface area contributed by atoms with E-state index in [2.05, 4.69) is 37.9 Å². The third-order valence-electron chi connectivity index (χ3n) is 5.25. The van der Waals surface area contributed by atoms with E-state index in [0.717, 1.165) is 21.6 Å². The van der Waals surface area contributed by atoms with E-state index in [1.807, 2.05) is 55.5 Å². The number of aliphatic imine (C=N–C) groups is 2. The molecule has 7 nitrogen and oxygen atoms in total. The van der Waals surface area contributed by atoms with Crippen LogP contribution in [0.15, 0.2) is 69.7 Å². The number of carbonyl (C=O) groups is 1. The predicted molar refractivity (Wildman–Crippen MR) is 114 cm³/mol. The number of hydrogen-bond acceptors (Lipinski definition) is 5. The fourth-order valence-electron chi connectivity index (χ4n) is 3.80. The zero-order chi connectivity index (χ0) is 20.0. The van der Waals surface area contributed by atoms with Crippen molar-refractivity contribution in [3.63, 3.8) is 0 Å². The number of amidine groups is 1. The Morgan fingerprint density at radius 1 is 1.10 bits per heavy atom. The van der Waals surface area contributed by atoms with Gasteiger partial charge in [0.2, 0.25) is 0 Å². The Labute approximate surface area is 173 Å². The minimum Gasteiger partial charge on any atom is -0.344 e. The van der Waals surface area contributed by atoms with Gasteiger partial charge in [-0.1, -0.05) is 42.0 Å². The van der Waals surface area contributed by atoms with E-state index in [1.54, 1.807) is 11.2 Å². The van der Waals surface area contributed by atoms with Crippen molar-refractivity contribution in [1.82, 2.24) is 20.2 Å². The zero-order valence-electron chi connectivity index (χ0n) is 15.6. The molecule has 5 rings (SSSR count). The molecule has 2 aliphatic rings. The monoisotopic (exact) mass is 402 g/mol. The Balaban J connectivity index is 1.66. The van der Waals surface area contributed by atoms with Gasteiger partial charge in [0.05, 0.1) is 18.6 Å². The average molecular weight is 402 g/mol. The summed E-state index contributed by atoms with van der Waals surface area (Å²) in [5.74, 6) is 1.07. The Morgan fingerprint density at radius 3 is 2.62 bits per heavy atom. The average Bonchev–Trinajstić information content (AvgIpc) is 3.25. The van der Waals surface area contributed by atoms with Crippen molar-refractivity contribution in [2.24, 2.45) is 9.98 Å². The molecule has 1 unspecified atom stereocenters. The van der Waals surface area contributed by atoms with Crippen molar-refractivity contribution in [2.45, 2.75) is 23.9 Å². The molecule has 29 heavy (non-hydrogen) atoms. The molecule has 3 aromatic rings. The molecule has 2 amide bonds. The second kappa shape index (κ2) is 6.59. The maximum atomic E-state index is 13.1. The van der Waals surface area contributed by atoms with Crippen molar-refractivity contribution in [2.75, 3.05) is 0 Å². The number of nitrogens with zero attached hydrogens (tertiary/aromatic N) is 4. The lowest BCUT2D eigenvalue weighted by atomic mass is 9.85. The summed E-state index contributed by atoms with van der Waals surface area (Å²) in [6, 6.07) is 15.5. The minimum atomic E-state index is -0.989. The number of thiol groups is 1. The second-order valence-electron chi connectivity index (χ2n) is 7.10. The quantitative estimate of drug-likeness (QED) is 0.585. The number of carbonyl (C=O) groups excluding carboxylic acids is 1. The molecule has 1 aromatic heterocycles. The largest absolute Gasteiger partial charge is 0.344 e. The first-order valence-electron chi connectivity index (χ1n) is 9.17. The van der Waals surface area contributed by atoms with Crippen LogP contribution in [0.4, 0.5) is 10.6 Å². The van der Waals surface area contributed by atoms with Gasteiger partial charge in [-0.15, -0.1) is 12.6 Å². The lowest BCUT2D eigenvalue weighted by Crippen LogP contribution is -2.45. The Hall–Kier alpha value is -3.39. The number of hydrogen-bond donors (Lipinski definition) is 3. The van der Waals surface area contributed by atoms with Gasteiger partial charge in [0.25, 0.3) is 0 Å². The first kappa shape index (κ1) is 17.7. The number of aryl methyl sites for hydroxylation is 1. The van der Waals surface area contributed by atoms with Crippen LogP contribution < -0.4 is 5.32 Å². The van der Waals surface area contributed by atoms with E-state index in [4.69, 9.17) is 0 Å². The molecule has 0 aliphatic carbocycles. The molecule has 1 saturated heterocycles. The summed E-state index contributed by atoms with van der Waals surface area (Å²) in [5.41, 5.74) is 2.70. The van der Waals surface area contributed by atoms with Crippen LogP contribution in [0.3, 0.4) is 0 Å². The number of amides is 2. The summed E-state index contributed by atoms with van der Waals surface area (Å²) < 4.78 is 0. The van der Waals surface area contributed by atoms with Crippen LogP contribution in [0.2, 0.25) is 0 Å². The topological polar surface area (TPSA) is 85.7 Å². The summed E-state index contributed by atoms with van der Waals surface area (Å²) >= 11 is 4.34. The second-order valence-corrected chi connectivity index (χ2v) is 7.61. The Morgan fingerprint density at radius 2 is 1.86 bits per heavy atom. The van der Waals surface area contributed by atoms with Gasteiger partial charge < -0.3 is 10.3 Å². The molecule has 2 aromatic carbocycles. The lowest BCUT2D eigenvalue weighted by molar-refractivity contribution is 0.225. The number of nitrogens with one attached hydrogen (secondary N) is 2. The molecule has 3 heterocycles. The van der Waals surface area contributed by atoms with Crippen molar-refractivity contribution < 1.29 is 4.79 Å². The molecule has 2 aliphatic heterocycles. The van der Waals surface area contributed by atoms with Gasteiger partial charge in [0, 0.05) is 4.90 Å². The summed E-state index contributed by atoms with van der Waals surface area (Å²) in [5, 5.41) is 3.16. The van der Waals surface area contributed by atoms with Crippen molar-refractivity contribution in [3.05, 3.63) is 77.2 Å². The first-order valence-corrected chi connectivity index (χ1v) is 9.62. The maximum Gasteiger partial charge on any atom is 0.324 e. The molecule has 1 atom stereocenters. The number of aromatic amines is 1. The highest BCUT2D eigenvalue weighted by Gasteiger charge is 2.54. The third-order valence-corrected chi connectivity index (χ3v) is 5.54. The van der Waals surface area contributed by atoms with Crippen LogP contribution in [0.25, 0.3) is 0 Å². The maximum absolute atomic E-state index is 13.1. The molecule has 144 valence electrons. The normalized spacial score (nSPS) is 20.0. The van der Waals surface area contributed by atoms with E-state index >= 15 is 0 Å². The van der Waals surface area contributed by atoms with Crippen LogP contribution >= 0.6 is 12.6 Å². The fourth-order valence-corrected chi connectivity index (χ4v) is 3.95. The van der Waals surface area contributed by atoms with Crippen LogP contribution in [0.1, 0.15) is 22.4 Å². The third kappa shape index (κ3) is 2.75. The van der Waals surface area contributed by atoms with Crippen LogP contribution in [-0.4, -0.2) is 33.1 Å². The number of benzene rings is 2. The fraction of sp³-hybridized carbons (Fsp3) is 0.143. The molecular formula is C21H18N6OS. The van der Waals surface area contributed by atoms with Gasteiger partial charge in [0.15, 0.2) is 17.2 Å². The molecule has 2 N–H and O–H groups in total. The molecule has 0 spiro atoms. The highest BCUT2D eigenvalue weighted by Crippen LogP contribution is 2.41. The molecule has 0 saturated carbocycles. The first-order chi connectivity index (χ1) is 14.1. The zero-order valence-corrected chi connectivity index (χ0v) is 16.5. The van der Waals surface area contributed by atoms with Crippen molar-refractivity contribution >= 4 is 36.7 Å². The summed E-state index contributed by atoms with van der Waals surface area (Å²) in [6.07, 6.45) is 3.04. The number of urea groups is 1. The molecule has 0 radical (unpaired) electrons. The van der Waals surface area contributed by atoms with E-state index in [9.17, 15) is 4.79 Å². The SMILES string of the molecule is Cc1ccc(C23NC(=O)N(Cc4ccc(S)cc4)C2=NC=Nc2nc[nH]c23)cc1. The van der Waals surface area contributed by atoms with Crippen LogP contribution in [0.5, 0.6) is 0 Å². The summed E-state index contributed by atoms with van der Waals surface area (Å²) in [7, 11) is 0. The number of H-pyrrole nitrogens is 1. The van der Waals surface area contributed by atoms with Crippen LogP contribution in [0, 0.1) is 6.92 Å². The van der Waals surface area contributed by atoms with E-state index < -0.39 is 5.54 Å². The highest BCUT2D eigenvalue weighted by molar-refractivity contribution is 7.80. The Bertz CT molecular complexity index is 1150. The van der Waals surface area contributed by atoms with E-state index in [0.29, 0.717) is 23.9 Å². The number of imidazole rings is 1. The van der Waals surface area contributed by atoms with Gasteiger partial charge in [-0.3, -0.25) is 4.90 Å². The molecular weight excluding hydrogens is 384 g/mol. The van der Waals surface area contributed by atoms with E-state index in [1.165, 1.54) is 6.34 Å².